The van der Waals surface area contributed by atoms with Crippen LogP contribution in [0.2, 0.25) is 20.1 Å². The zero-order valence-corrected chi connectivity index (χ0v) is 17.0. The van der Waals surface area contributed by atoms with Crippen LogP contribution in [-0.4, -0.2) is 42.2 Å². The van der Waals surface area contributed by atoms with E-state index in [1.165, 1.54) is 11.0 Å². The van der Waals surface area contributed by atoms with Gasteiger partial charge in [0.15, 0.2) is 0 Å². The first-order valence-corrected chi connectivity index (χ1v) is 10.1. The summed E-state index contributed by atoms with van der Waals surface area (Å²) in [5, 5.41) is 3.14. The minimum atomic E-state index is -4.20. The summed E-state index contributed by atoms with van der Waals surface area (Å²) in [6.45, 7) is 4.46. The highest BCUT2D eigenvalue weighted by Crippen LogP contribution is 2.35. The van der Waals surface area contributed by atoms with Crippen LogP contribution in [0.5, 0.6) is 0 Å². The molecule has 0 aliphatic rings. The predicted molar refractivity (Wildman–Crippen MR) is 97.9 cm³/mol. The van der Waals surface area contributed by atoms with E-state index in [1.807, 2.05) is 0 Å². The van der Waals surface area contributed by atoms with Crippen molar-refractivity contribution in [2.45, 2.75) is 23.8 Å². The SMILES string of the molecule is CCN(CC)C(=O)n1cc(Cl)c(S(=O)(=O)c2cc(Cl)c(Cl)cc2Cl)n1. The van der Waals surface area contributed by atoms with E-state index in [1.54, 1.807) is 13.8 Å². The quantitative estimate of drug-likeness (QED) is 0.644. The Morgan fingerprint density at radius 3 is 2.16 bits per heavy atom. The van der Waals surface area contributed by atoms with E-state index in [-0.39, 0.29) is 25.0 Å². The summed E-state index contributed by atoms with van der Waals surface area (Å²) in [4.78, 5) is 13.5. The van der Waals surface area contributed by atoms with E-state index in [4.69, 9.17) is 46.4 Å². The van der Waals surface area contributed by atoms with Gasteiger partial charge < -0.3 is 4.90 Å². The normalized spacial score (nSPS) is 11.6. The van der Waals surface area contributed by atoms with Gasteiger partial charge in [-0.25, -0.2) is 13.2 Å². The average molecular weight is 445 g/mol. The summed E-state index contributed by atoms with van der Waals surface area (Å²) in [5.74, 6) is 0. The first-order valence-electron chi connectivity index (χ1n) is 7.07. The average Bonchev–Trinajstić information content (AvgIpc) is 2.94. The summed E-state index contributed by atoms with van der Waals surface area (Å²) in [6, 6.07) is 1.83. The summed E-state index contributed by atoms with van der Waals surface area (Å²) in [5.41, 5.74) is 0. The molecule has 6 nitrogen and oxygen atoms in total. The number of benzene rings is 1. The zero-order valence-electron chi connectivity index (χ0n) is 13.1. The predicted octanol–water partition coefficient (Wildman–Crippen LogP) is 4.64. The fourth-order valence-electron chi connectivity index (χ4n) is 2.07. The molecule has 0 saturated carbocycles. The van der Waals surface area contributed by atoms with Gasteiger partial charge in [0.1, 0.15) is 0 Å². The van der Waals surface area contributed by atoms with Gasteiger partial charge in [-0.3, -0.25) is 0 Å². The highest BCUT2D eigenvalue weighted by Gasteiger charge is 2.29. The molecule has 0 fully saturated rings. The van der Waals surface area contributed by atoms with Crippen LogP contribution in [0.1, 0.15) is 13.8 Å². The van der Waals surface area contributed by atoms with Crippen molar-refractivity contribution in [2.24, 2.45) is 0 Å². The fraction of sp³-hybridized carbons (Fsp3) is 0.286. The second kappa shape index (κ2) is 7.72. The first-order chi connectivity index (χ1) is 11.6. The monoisotopic (exact) mass is 443 g/mol. The lowest BCUT2D eigenvalue weighted by atomic mass is 10.4. The molecule has 1 amide bonds. The molecule has 0 aliphatic heterocycles. The molecular formula is C14H13Cl4N3O3S. The number of amides is 1. The number of rotatable bonds is 4. The standard InChI is InChI=1S/C14H13Cl4N3O3S/c1-3-20(4-2)14(22)21-7-11(18)13(19-21)25(23,24)12-6-9(16)8(15)5-10(12)17/h5-7H,3-4H2,1-2H3. The third kappa shape index (κ3) is 3.90. The third-order valence-electron chi connectivity index (χ3n) is 3.39. The number of aromatic nitrogens is 2. The second-order valence-electron chi connectivity index (χ2n) is 4.88. The van der Waals surface area contributed by atoms with Crippen molar-refractivity contribution in [1.82, 2.24) is 14.7 Å². The fourth-order valence-corrected chi connectivity index (χ4v) is 4.72. The molecule has 11 heteroatoms. The molecule has 136 valence electrons. The summed E-state index contributed by atoms with van der Waals surface area (Å²) in [7, 11) is -4.20. The van der Waals surface area contributed by atoms with Gasteiger partial charge in [0.2, 0.25) is 14.9 Å². The van der Waals surface area contributed by atoms with Crippen LogP contribution in [0.4, 0.5) is 4.79 Å². The van der Waals surface area contributed by atoms with Crippen LogP contribution in [0.15, 0.2) is 28.3 Å². The van der Waals surface area contributed by atoms with E-state index in [0.717, 1.165) is 16.9 Å². The van der Waals surface area contributed by atoms with Crippen molar-refractivity contribution < 1.29 is 13.2 Å². The summed E-state index contributed by atoms with van der Waals surface area (Å²) < 4.78 is 26.5. The van der Waals surface area contributed by atoms with Gasteiger partial charge in [-0.1, -0.05) is 46.4 Å². The Labute approximate surface area is 165 Å². The number of hydrogen-bond acceptors (Lipinski definition) is 4. The lowest BCUT2D eigenvalue weighted by molar-refractivity contribution is 0.201. The molecule has 0 unspecified atom stereocenters. The second-order valence-corrected chi connectivity index (χ2v) is 8.34. The number of nitrogens with zero attached hydrogens (tertiary/aromatic N) is 3. The Morgan fingerprint density at radius 2 is 1.60 bits per heavy atom. The number of carbonyl (C=O) groups is 1. The molecule has 1 aromatic carbocycles. The maximum absolute atomic E-state index is 12.8. The van der Waals surface area contributed by atoms with E-state index >= 15 is 0 Å². The zero-order chi connectivity index (χ0) is 18.9. The molecule has 25 heavy (non-hydrogen) atoms. The molecule has 0 saturated heterocycles. The van der Waals surface area contributed by atoms with E-state index in [2.05, 4.69) is 5.10 Å². The van der Waals surface area contributed by atoms with Crippen molar-refractivity contribution >= 4 is 62.3 Å². The van der Waals surface area contributed by atoms with Gasteiger partial charge in [0, 0.05) is 13.1 Å². The number of carbonyl (C=O) groups excluding carboxylic acids is 1. The van der Waals surface area contributed by atoms with Crippen LogP contribution >= 0.6 is 46.4 Å². The molecule has 0 atom stereocenters. The van der Waals surface area contributed by atoms with Gasteiger partial charge >= 0.3 is 6.03 Å². The molecular weight excluding hydrogens is 432 g/mol. The minimum Gasteiger partial charge on any atom is -0.323 e. The van der Waals surface area contributed by atoms with Crippen molar-refractivity contribution in [3.05, 3.63) is 38.4 Å². The molecule has 1 aromatic heterocycles. The first kappa shape index (κ1) is 20.3. The van der Waals surface area contributed by atoms with Crippen molar-refractivity contribution in [3.63, 3.8) is 0 Å². The Balaban J connectivity index is 2.55. The molecule has 2 rings (SSSR count). The van der Waals surface area contributed by atoms with Gasteiger partial charge in [-0.15, -0.1) is 0 Å². The molecule has 0 N–H and O–H groups in total. The minimum absolute atomic E-state index is 0.0133. The van der Waals surface area contributed by atoms with Gasteiger partial charge in [0.05, 0.1) is 31.2 Å². The van der Waals surface area contributed by atoms with Crippen molar-refractivity contribution in [2.75, 3.05) is 13.1 Å². The third-order valence-corrected chi connectivity index (χ3v) is 6.65. The molecule has 1 heterocycles. The highest BCUT2D eigenvalue weighted by molar-refractivity contribution is 7.91. The van der Waals surface area contributed by atoms with Gasteiger partial charge in [0.25, 0.3) is 0 Å². The Kier molecular flexibility index (Phi) is 6.27. The van der Waals surface area contributed by atoms with Crippen molar-refractivity contribution in [3.8, 4) is 0 Å². The molecule has 2 aromatic rings. The highest BCUT2D eigenvalue weighted by atomic mass is 35.5. The van der Waals surface area contributed by atoms with E-state index in [9.17, 15) is 13.2 Å². The number of halogens is 4. The van der Waals surface area contributed by atoms with Crippen LogP contribution < -0.4 is 0 Å². The van der Waals surface area contributed by atoms with Crippen LogP contribution in [0.25, 0.3) is 0 Å². The van der Waals surface area contributed by atoms with Crippen LogP contribution in [0.3, 0.4) is 0 Å². The van der Waals surface area contributed by atoms with Gasteiger partial charge in [-0.2, -0.15) is 9.78 Å². The molecule has 0 spiro atoms. The molecule has 0 radical (unpaired) electrons. The smallest absolute Gasteiger partial charge is 0.323 e. The van der Waals surface area contributed by atoms with E-state index < -0.39 is 20.9 Å². The lowest BCUT2D eigenvalue weighted by Crippen LogP contribution is -2.34. The Bertz CT molecular complexity index is 924. The number of sulfone groups is 1. The number of hydrogen-bond donors (Lipinski definition) is 0. The lowest BCUT2D eigenvalue weighted by Gasteiger charge is -2.17. The maximum Gasteiger partial charge on any atom is 0.344 e. The maximum atomic E-state index is 12.8. The van der Waals surface area contributed by atoms with Gasteiger partial charge in [-0.05, 0) is 26.0 Å². The van der Waals surface area contributed by atoms with Crippen molar-refractivity contribution in [1.29, 1.82) is 0 Å². The molecule has 0 aliphatic carbocycles. The van der Waals surface area contributed by atoms with Crippen LogP contribution in [0, 0.1) is 0 Å². The topological polar surface area (TPSA) is 72.3 Å². The Hall–Kier alpha value is -0.990. The van der Waals surface area contributed by atoms with Crippen LogP contribution in [-0.2, 0) is 9.84 Å². The molecule has 0 bridgehead atoms. The van der Waals surface area contributed by atoms with E-state index in [0.29, 0.717) is 13.1 Å². The Morgan fingerprint density at radius 1 is 1.04 bits per heavy atom. The summed E-state index contributed by atoms with van der Waals surface area (Å²) >= 11 is 23.7. The largest absolute Gasteiger partial charge is 0.344 e. The summed E-state index contributed by atoms with van der Waals surface area (Å²) in [6.07, 6.45) is 1.14.